The minimum absolute atomic E-state index is 0.380. The molecule has 74 valence electrons. The van der Waals surface area contributed by atoms with Crippen molar-refractivity contribution < 1.29 is 0 Å². The predicted octanol–water partition coefficient (Wildman–Crippen LogP) is 1.87. The summed E-state index contributed by atoms with van der Waals surface area (Å²) in [4.78, 5) is 1.98. The molecule has 1 aromatic heterocycles. The van der Waals surface area contributed by atoms with Crippen molar-refractivity contribution in [2.75, 3.05) is 18.0 Å². The van der Waals surface area contributed by atoms with Gasteiger partial charge in [0.05, 0.1) is 12.5 Å². The molecule has 0 unspecified atom stereocenters. The molecular formula is C9H11ClN4. The van der Waals surface area contributed by atoms with Crippen LogP contribution in [0.25, 0.3) is 0 Å². The van der Waals surface area contributed by atoms with Crippen LogP contribution in [0, 0.1) is 11.3 Å². The summed E-state index contributed by atoms with van der Waals surface area (Å²) in [5.74, 6) is 0.757. The molecule has 5 heteroatoms. The highest BCUT2D eigenvalue weighted by Crippen LogP contribution is 2.11. The summed E-state index contributed by atoms with van der Waals surface area (Å²) < 4.78 is 0. The summed E-state index contributed by atoms with van der Waals surface area (Å²) in [5.41, 5.74) is 0. The van der Waals surface area contributed by atoms with Crippen LogP contribution in [-0.4, -0.2) is 23.3 Å². The fraction of sp³-hybridized carbons (Fsp3) is 0.444. The second kappa shape index (κ2) is 5.40. The van der Waals surface area contributed by atoms with Crippen molar-refractivity contribution in [3.05, 3.63) is 17.3 Å². The molecule has 14 heavy (non-hydrogen) atoms. The van der Waals surface area contributed by atoms with E-state index in [4.69, 9.17) is 16.9 Å². The van der Waals surface area contributed by atoms with E-state index < -0.39 is 0 Å². The first-order chi connectivity index (χ1) is 6.77. The summed E-state index contributed by atoms with van der Waals surface area (Å²) in [5, 5.41) is 16.5. The van der Waals surface area contributed by atoms with E-state index >= 15 is 0 Å². The number of aromatic nitrogens is 2. The molecule has 0 fully saturated rings. The van der Waals surface area contributed by atoms with Gasteiger partial charge in [-0.05, 0) is 19.1 Å². The standard InChI is InChI=1S/C9H11ClN4/c1-2-14(7-3-6-11)9-5-4-8(10)12-13-9/h4-5H,2-3,7H2,1H3. The van der Waals surface area contributed by atoms with E-state index in [0.717, 1.165) is 12.4 Å². The molecule has 0 aliphatic rings. The monoisotopic (exact) mass is 210 g/mol. The Hall–Kier alpha value is -1.34. The predicted molar refractivity (Wildman–Crippen MR) is 55.2 cm³/mol. The van der Waals surface area contributed by atoms with Crippen LogP contribution in [0.15, 0.2) is 12.1 Å². The van der Waals surface area contributed by atoms with Crippen LogP contribution in [0.5, 0.6) is 0 Å². The minimum atomic E-state index is 0.380. The Morgan fingerprint density at radius 1 is 1.50 bits per heavy atom. The molecule has 0 aromatic carbocycles. The molecule has 0 aliphatic carbocycles. The highest BCUT2D eigenvalue weighted by molar-refractivity contribution is 6.29. The largest absolute Gasteiger partial charge is 0.354 e. The van der Waals surface area contributed by atoms with Gasteiger partial charge in [0.25, 0.3) is 0 Å². The molecule has 0 bridgehead atoms. The van der Waals surface area contributed by atoms with E-state index in [9.17, 15) is 0 Å². The minimum Gasteiger partial charge on any atom is -0.354 e. The van der Waals surface area contributed by atoms with E-state index in [1.54, 1.807) is 12.1 Å². The van der Waals surface area contributed by atoms with Crippen molar-refractivity contribution in [1.29, 1.82) is 5.26 Å². The zero-order valence-electron chi connectivity index (χ0n) is 7.94. The van der Waals surface area contributed by atoms with E-state index in [1.807, 2.05) is 11.8 Å². The SMILES string of the molecule is CCN(CCC#N)c1ccc(Cl)nn1. The van der Waals surface area contributed by atoms with Crippen LogP contribution >= 0.6 is 11.6 Å². The Balaban J connectivity index is 2.69. The second-order valence-corrected chi connectivity index (χ2v) is 3.09. The van der Waals surface area contributed by atoms with Crippen LogP contribution in [0.2, 0.25) is 5.15 Å². The summed E-state index contributed by atoms with van der Waals surface area (Å²) >= 11 is 5.62. The molecule has 0 amide bonds. The van der Waals surface area contributed by atoms with Crippen molar-refractivity contribution in [2.24, 2.45) is 0 Å². The molecule has 0 N–H and O–H groups in total. The molecule has 0 saturated carbocycles. The fourth-order valence-corrected chi connectivity index (χ4v) is 1.20. The summed E-state index contributed by atoms with van der Waals surface area (Å²) in [6, 6.07) is 5.59. The summed E-state index contributed by atoms with van der Waals surface area (Å²) in [6.07, 6.45) is 0.484. The maximum Gasteiger partial charge on any atom is 0.151 e. The van der Waals surface area contributed by atoms with Gasteiger partial charge in [0, 0.05) is 13.1 Å². The van der Waals surface area contributed by atoms with E-state index in [-0.39, 0.29) is 0 Å². The normalized spacial score (nSPS) is 9.50. The van der Waals surface area contributed by atoms with Gasteiger partial charge >= 0.3 is 0 Å². The highest BCUT2D eigenvalue weighted by Gasteiger charge is 2.05. The van der Waals surface area contributed by atoms with Crippen LogP contribution in [0.1, 0.15) is 13.3 Å². The highest BCUT2D eigenvalue weighted by atomic mass is 35.5. The number of anilines is 1. The number of rotatable bonds is 4. The topological polar surface area (TPSA) is 52.8 Å². The van der Waals surface area contributed by atoms with Gasteiger partial charge in [-0.15, -0.1) is 10.2 Å². The molecule has 1 heterocycles. The Morgan fingerprint density at radius 3 is 2.79 bits per heavy atom. The lowest BCUT2D eigenvalue weighted by atomic mass is 10.4. The molecule has 1 aromatic rings. The first kappa shape index (κ1) is 10.7. The summed E-state index contributed by atoms with van der Waals surface area (Å²) in [7, 11) is 0. The fourth-order valence-electron chi connectivity index (χ4n) is 1.10. The van der Waals surface area contributed by atoms with E-state index in [0.29, 0.717) is 18.1 Å². The number of hydrogen-bond donors (Lipinski definition) is 0. The van der Waals surface area contributed by atoms with Gasteiger partial charge < -0.3 is 4.90 Å². The van der Waals surface area contributed by atoms with Crippen molar-refractivity contribution >= 4 is 17.4 Å². The Labute approximate surface area is 88.1 Å². The average Bonchev–Trinajstić information content (AvgIpc) is 2.21. The zero-order valence-corrected chi connectivity index (χ0v) is 8.70. The third-order valence-corrected chi connectivity index (χ3v) is 2.02. The van der Waals surface area contributed by atoms with Crippen LogP contribution < -0.4 is 4.90 Å². The van der Waals surface area contributed by atoms with E-state index in [1.165, 1.54) is 0 Å². The molecule has 0 radical (unpaired) electrons. The van der Waals surface area contributed by atoms with Gasteiger partial charge in [-0.1, -0.05) is 11.6 Å². The Kier molecular flexibility index (Phi) is 4.14. The van der Waals surface area contributed by atoms with Crippen LogP contribution in [0.3, 0.4) is 0 Å². The average molecular weight is 211 g/mol. The van der Waals surface area contributed by atoms with Gasteiger partial charge in [-0.3, -0.25) is 0 Å². The molecule has 0 saturated heterocycles. The Morgan fingerprint density at radius 2 is 2.29 bits per heavy atom. The van der Waals surface area contributed by atoms with Crippen LogP contribution in [0.4, 0.5) is 5.82 Å². The van der Waals surface area contributed by atoms with Gasteiger partial charge in [0.1, 0.15) is 0 Å². The van der Waals surface area contributed by atoms with Gasteiger partial charge in [0.15, 0.2) is 11.0 Å². The Bertz CT molecular complexity index is 317. The molecule has 0 aliphatic heterocycles. The van der Waals surface area contributed by atoms with Crippen LogP contribution in [-0.2, 0) is 0 Å². The first-order valence-corrected chi connectivity index (χ1v) is 4.77. The molecule has 1 rings (SSSR count). The lowest BCUT2D eigenvalue weighted by Crippen LogP contribution is -2.24. The van der Waals surface area contributed by atoms with Gasteiger partial charge in [-0.2, -0.15) is 5.26 Å². The smallest absolute Gasteiger partial charge is 0.151 e. The quantitative estimate of drug-likeness (QED) is 0.762. The number of halogens is 1. The molecular weight excluding hydrogens is 200 g/mol. The van der Waals surface area contributed by atoms with E-state index in [2.05, 4.69) is 16.3 Å². The maximum atomic E-state index is 8.47. The van der Waals surface area contributed by atoms with Gasteiger partial charge in [-0.25, -0.2) is 0 Å². The molecule has 0 atom stereocenters. The zero-order chi connectivity index (χ0) is 10.4. The number of nitriles is 1. The maximum absolute atomic E-state index is 8.47. The van der Waals surface area contributed by atoms with Crippen molar-refractivity contribution in [3.63, 3.8) is 0 Å². The second-order valence-electron chi connectivity index (χ2n) is 2.70. The van der Waals surface area contributed by atoms with Crippen molar-refractivity contribution in [2.45, 2.75) is 13.3 Å². The number of nitrogens with zero attached hydrogens (tertiary/aromatic N) is 4. The van der Waals surface area contributed by atoms with Crippen molar-refractivity contribution in [1.82, 2.24) is 10.2 Å². The third kappa shape index (κ3) is 2.86. The lowest BCUT2D eigenvalue weighted by molar-refractivity contribution is 0.795. The molecule has 0 spiro atoms. The van der Waals surface area contributed by atoms with Gasteiger partial charge in [0.2, 0.25) is 0 Å². The first-order valence-electron chi connectivity index (χ1n) is 4.39. The third-order valence-electron chi connectivity index (χ3n) is 1.82. The lowest BCUT2D eigenvalue weighted by Gasteiger charge is -2.19. The number of hydrogen-bond acceptors (Lipinski definition) is 4. The summed E-state index contributed by atoms with van der Waals surface area (Å²) in [6.45, 7) is 3.48. The molecule has 4 nitrogen and oxygen atoms in total. The van der Waals surface area contributed by atoms with Crippen molar-refractivity contribution in [3.8, 4) is 6.07 Å².